The van der Waals surface area contributed by atoms with Crippen LogP contribution in [0, 0.1) is 5.41 Å². The molecule has 2 aromatic rings. The van der Waals surface area contributed by atoms with Crippen molar-refractivity contribution < 1.29 is 8.42 Å². The highest BCUT2D eigenvalue weighted by atomic mass is 32.2. The molecule has 0 spiro atoms. The van der Waals surface area contributed by atoms with Crippen LogP contribution in [0.3, 0.4) is 0 Å². The van der Waals surface area contributed by atoms with Crippen LogP contribution in [0.25, 0.3) is 0 Å². The number of nitrogens with one attached hydrogen (secondary N) is 1. The van der Waals surface area contributed by atoms with Crippen LogP contribution in [0.1, 0.15) is 5.56 Å². The summed E-state index contributed by atoms with van der Waals surface area (Å²) in [7, 11) is -3.17. The van der Waals surface area contributed by atoms with Crippen molar-refractivity contribution in [3.63, 3.8) is 0 Å². The normalized spacial score (nSPS) is 11.2. The van der Waals surface area contributed by atoms with Gasteiger partial charge in [0.1, 0.15) is 10.9 Å². The lowest BCUT2D eigenvalue weighted by Gasteiger charge is -2.03. The van der Waals surface area contributed by atoms with E-state index in [1.807, 2.05) is 0 Å². The number of benzene rings is 1. The number of nitrogen functional groups attached to an aromatic ring is 1. The van der Waals surface area contributed by atoms with E-state index in [1.54, 1.807) is 36.4 Å². The Labute approximate surface area is 121 Å². The molecule has 0 aliphatic heterocycles. The molecule has 104 valence electrons. The van der Waals surface area contributed by atoms with Crippen molar-refractivity contribution >= 4 is 27.4 Å². The van der Waals surface area contributed by atoms with E-state index in [0.717, 1.165) is 9.92 Å². The largest absolute Gasteiger partial charge is 0.384 e. The maximum absolute atomic E-state index is 11.4. The first-order chi connectivity index (χ1) is 9.36. The van der Waals surface area contributed by atoms with E-state index in [9.17, 15) is 8.42 Å². The average Bonchev–Trinajstić information content (AvgIpc) is 2.39. The van der Waals surface area contributed by atoms with Gasteiger partial charge in [0.05, 0.1) is 4.90 Å². The van der Waals surface area contributed by atoms with Gasteiger partial charge in [-0.25, -0.2) is 13.4 Å². The van der Waals surface area contributed by atoms with Gasteiger partial charge < -0.3 is 5.73 Å². The summed E-state index contributed by atoms with van der Waals surface area (Å²) in [4.78, 5) is 5.37. The minimum atomic E-state index is -3.17. The molecule has 0 amide bonds. The fraction of sp³-hybridized carbons (Fsp3) is 0.0769. The van der Waals surface area contributed by atoms with E-state index < -0.39 is 9.84 Å². The molecule has 0 aliphatic rings. The maximum Gasteiger partial charge on any atom is 0.175 e. The third kappa shape index (κ3) is 3.58. The van der Waals surface area contributed by atoms with Crippen LogP contribution in [0.4, 0.5) is 0 Å². The molecule has 7 heteroatoms. The minimum absolute atomic E-state index is 0.0217. The number of hydrogen-bond acceptors (Lipinski definition) is 5. The second-order valence-electron chi connectivity index (χ2n) is 4.14. The number of pyridine rings is 1. The van der Waals surface area contributed by atoms with Gasteiger partial charge in [0, 0.05) is 22.9 Å². The molecular weight excluding hydrogens is 294 g/mol. The van der Waals surface area contributed by atoms with Crippen LogP contribution in [0.15, 0.2) is 57.4 Å². The van der Waals surface area contributed by atoms with Crippen LogP contribution in [0.2, 0.25) is 0 Å². The standard InChI is InChI=1S/C13H13N3O2S2/c1-20(17,18)11-5-3-10(4-6-11)19-12-7-2-9(8-16-12)13(14)15/h2-8H,1H3,(H3,14,15). The molecule has 3 N–H and O–H groups in total. The Bertz CT molecular complexity index is 723. The molecule has 0 saturated carbocycles. The molecule has 1 aromatic carbocycles. The second-order valence-corrected chi connectivity index (χ2v) is 7.25. The topological polar surface area (TPSA) is 96.9 Å². The predicted octanol–water partition coefficient (Wildman–Crippen LogP) is 1.92. The van der Waals surface area contributed by atoms with Crippen molar-refractivity contribution in [2.75, 3.05) is 6.26 Å². The molecule has 0 fully saturated rings. The number of amidine groups is 1. The van der Waals surface area contributed by atoms with Crippen molar-refractivity contribution in [2.45, 2.75) is 14.8 Å². The lowest BCUT2D eigenvalue weighted by Crippen LogP contribution is -2.10. The smallest absolute Gasteiger partial charge is 0.175 e. The highest BCUT2D eigenvalue weighted by Gasteiger charge is 2.07. The fourth-order valence-electron chi connectivity index (χ4n) is 1.48. The van der Waals surface area contributed by atoms with E-state index in [1.165, 1.54) is 24.2 Å². The number of sulfone groups is 1. The van der Waals surface area contributed by atoms with Gasteiger partial charge in [0.15, 0.2) is 9.84 Å². The van der Waals surface area contributed by atoms with Gasteiger partial charge in [-0.1, -0.05) is 11.8 Å². The third-order valence-electron chi connectivity index (χ3n) is 2.52. The molecule has 0 bridgehead atoms. The zero-order chi connectivity index (χ0) is 14.8. The highest BCUT2D eigenvalue weighted by molar-refractivity contribution is 7.99. The second kappa shape index (κ2) is 5.64. The summed E-state index contributed by atoms with van der Waals surface area (Å²) in [6.45, 7) is 0. The molecule has 0 aliphatic carbocycles. The van der Waals surface area contributed by atoms with Gasteiger partial charge in [-0.2, -0.15) is 0 Å². The van der Waals surface area contributed by atoms with Crippen molar-refractivity contribution in [2.24, 2.45) is 5.73 Å². The number of nitrogens with zero attached hydrogens (tertiary/aromatic N) is 1. The molecule has 0 radical (unpaired) electrons. The zero-order valence-corrected chi connectivity index (χ0v) is 12.3. The predicted molar refractivity (Wildman–Crippen MR) is 78.9 cm³/mol. The lowest BCUT2D eigenvalue weighted by molar-refractivity contribution is 0.602. The minimum Gasteiger partial charge on any atom is -0.384 e. The molecule has 5 nitrogen and oxygen atoms in total. The van der Waals surface area contributed by atoms with Crippen molar-refractivity contribution in [3.8, 4) is 0 Å². The maximum atomic E-state index is 11.4. The van der Waals surface area contributed by atoms with Gasteiger partial charge in [-0.15, -0.1) is 0 Å². The number of aromatic nitrogens is 1. The van der Waals surface area contributed by atoms with Crippen molar-refractivity contribution in [1.82, 2.24) is 4.98 Å². The van der Waals surface area contributed by atoms with Crippen molar-refractivity contribution in [1.29, 1.82) is 5.41 Å². The Kier molecular flexibility index (Phi) is 4.10. The van der Waals surface area contributed by atoms with E-state index in [0.29, 0.717) is 10.5 Å². The average molecular weight is 307 g/mol. The van der Waals surface area contributed by atoms with Crippen LogP contribution in [-0.4, -0.2) is 25.5 Å². The summed E-state index contributed by atoms with van der Waals surface area (Å²) in [5.41, 5.74) is 5.92. The monoisotopic (exact) mass is 307 g/mol. The highest BCUT2D eigenvalue weighted by Crippen LogP contribution is 2.26. The zero-order valence-electron chi connectivity index (χ0n) is 10.7. The molecule has 0 unspecified atom stereocenters. The molecule has 2 rings (SSSR count). The van der Waals surface area contributed by atoms with Crippen LogP contribution < -0.4 is 5.73 Å². The fourth-order valence-corrected chi connectivity index (χ4v) is 2.86. The molecule has 0 atom stereocenters. The first-order valence-corrected chi connectivity index (χ1v) is 8.35. The Hall–Kier alpha value is -1.86. The lowest BCUT2D eigenvalue weighted by atomic mass is 10.3. The van der Waals surface area contributed by atoms with Gasteiger partial charge >= 0.3 is 0 Å². The van der Waals surface area contributed by atoms with Gasteiger partial charge in [-0.05, 0) is 36.4 Å². The van der Waals surface area contributed by atoms with Crippen LogP contribution in [0.5, 0.6) is 0 Å². The summed E-state index contributed by atoms with van der Waals surface area (Å²) < 4.78 is 22.7. The SMILES string of the molecule is CS(=O)(=O)c1ccc(Sc2ccc(C(=N)N)cn2)cc1. The molecular formula is C13H13N3O2S2. The Morgan fingerprint density at radius 2 is 1.85 bits per heavy atom. The van der Waals surface area contributed by atoms with E-state index in [-0.39, 0.29) is 5.84 Å². The summed E-state index contributed by atoms with van der Waals surface area (Å²) in [6.07, 6.45) is 2.72. The Balaban J connectivity index is 2.16. The number of rotatable bonds is 4. The Morgan fingerprint density at radius 1 is 1.20 bits per heavy atom. The molecule has 20 heavy (non-hydrogen) atoms. The van der Waals surface area contributed by atoms with Gasteiger partial charge in [0.25, 0.3) is 0 Å². The number of nitrogens with two attached hydrogens (primary N) is 1. The third-order valence-corrected chi connectivity index (χ3v) is 4.61. The van der Waals surface area contributed by atoms with Crippen molar-refractivity contribution in [3.05, 3.63) is 48.2 Å². The Morgan fingerprint density at radius 3 is 2.30 bits per heavy atom. The molecule has 0 saturated heterocycles. The van der Waals surface area contributed by atoms with Gasteiger partial charge in [0.2, 0.25) is 0 Å². The summed E-state index contributed by atoms with van der Waals surface area (Å²) in [5.74, 6) is -0.0217. The van der Waals surface area contributed by atoms with Crippen LogP contribution >= 0.6 is 11.8 Å². The quantitative estimate of drug-likeness (QED) is 0.664. The van der Waals surface area contributed by atoms with E-state index >= 15 is 0 Å². The summed E-state index contributed by atoms with van der Waals surface area (Å²) >= 11 is 1.41. The van der Waals surface area contributed by atoms with Crippen LogP contribution in [-0.2, 0) is 9.84 Å². The first kappa shape index (κ1) is 14.5. The molecule has 1 heterocycles. The van der Waals surface area contributed by atoms with E-state index in [2.05, 4.69) is 4.98 Å². The van der Waals surface area contributed by atoms with Gasteiger partial charge in [-0.3, -0.25) is 5.41 Å². The number of hydrogen-bond donors (Lipinski definition) is 2. The summed E-state index contributed by atoms with van der Waals surface area (Å²) in [6, 6.07) is 10.1. The first-order valence-electron chi connectivity index (χ1n) is 5.65. The molecule has 1 aromatic heterocycles. The van der Waals surface area contributed by atoms with E-state index in [4.69, 9.17) is 11.1 Å². The summed E-state index contributed by atoms with van der Waals surface area (Å²) in [5, 5.41) is 8.04.